The maximum atomic E-state index is 11.3. The standard InChI is InChI=1S/C13H20N4O4/c1-4-16(9(2)8-21-3)11-6-5-10(13(14)15-18)7-12(11)17(19)20/h5-7,9,18H,4,8H2,1-3H3,(H2,14,15). The molecule has 0 spiro atoms. The van der Waals surface area contributed by atoms with Crippen molar-refractivity contribution in [1.82, 2.24) is 0 Å². The average molecular weight is 296 g/mol. The monoisotopic (exact) mass is 296 g/mol. The van der Waals surface area contributed by atoms with Crippen LogP contribution in [0.25, 0.3) is 0 Å². The van der Waals surface area contributed by atoms with Crippen LogP contribution < -0.4 is 10.6 Å². The van der Waals surface area contributed by atoms with E-state index < -0.39 is 4.92 Å². The molecule has 0 aromatic heterocycles. The number of ether oxygens (including phenoxy) is 1. The maximum absolute atomic E-state index is 11.3. The van der Waals surface area contributed by atoms with Crippen molar-refractivity contribution in [3.63, 3.8) is 0 Å². The Morgan fingerprint density at radius 1 is 1.62 bits per heavy atom. The molecule has 0 amide bonds. The van der Waals surface area contributed by atoms with Crippen LogP contribution in [0.1, 0.15) is 19.4 Å². The highest BCUT2D eigenvalue weighted by atomic mass is 16.6. The fraction of sp³-hybridized carbons (Fsp3) is 0.462. The first-order chi connectivity index (χ1) is 9.96. The molecule has 1 aromatic rings. The number of likely N-dealkylation sites (N-methyl/N-ethyl adjacent to an activating group) is 1. The second kappa shape index (κ2) is 7.44. The van der Waals surface area contributed by atoms with Gasteiger partial charge >= 0.3 is 0 Å². The molecule has 8 nitrogen and oxygen atoms in total. The minimum absolute atomic E-state index is 0.0200. The van der Waals surface area contributed by atoms with Gasteiger partial charge < -0.3 is 20.6 Å². The van der Waals surface area contributed by atoms with Crippen LogP contribution in [0, 0.1) is 10.1 Å². The fourth-order valence-electron chi connectivity index (χ4n) is 2.18. The van der Waals surface area contributed by atoms with Gasteiger partial charge in [0.15, 0.2) is 5.84 Å². The molecule has 21 heavy (non-hydrogen) atoms. The molecular formula is C13H20N4O4. The Kier molecular flexibility index (Phi) is 5.92. The minimum atomic E-state index is -0.480. The fourth-order valence-corrected chi connectivity index (χ4v) is 2.18. The highest BCUT2D eigenvalue weighted by Crippen LogP contribution is 2.30. The second-order valence-electron chi connectivity index (χ2n) is 4.54. The van der Waals surface area contributed by atoms with Crippen LogP contribution in [0.15, 0.2) is 23.4 Å². The third kappa shape index (κ3) is 3.82. The van der Waals surface area contributed by atoms with Gasteiger partial charge in [-0.3, -0.25) is 10.1 Å². The van der Waals surface area contributed by atoms with Gasteiger partial charge in [0.25, 0.3) is 5.69 Å². The van der Waals surface area contributed by atoms with E-state index >= 15 is 0 Å². The lowest BCUT2D eigenvalue weighted by Crippen LogP contribution is -2.36. The topological polar surface area (TPSA) is 114 Å². The van der Waals surface area contributed by atoms with Crippen LogP contribution in [0.3, 0.4) is 0 Å². The van der Waals surface area contributed by atoms with Gasteiger partial charge in [0.05, 0.1) is 11.5 Å². The molecule has 0 heterocycles. The number of nitrogens with zero attached hydrogens (tertiary/aromatic N) is 3. The lowest BCUT2D eigenvalue weighted by Gasteiger charge is -2.29. The van der Waals surface area contributed by atoms with Crippen molar-refractivity contribution >= 4 is 17.2 Å². The van der Waals surface area contributed by atoms with E-state index in [1.54, 1.807) is 19.2 Å². The minimum Gasteiger partial charge on any atom is -0.409 e. The number of benzene rings is 1. The first kappa shape index (κ1) is 16.7. The summed E-state index contributed by atoms with van der Waals surface area (Å²) in [6, 6.07) is 4.46. The van der Waals surface area contributed by atoms with Crippen molar-refractivity contribution in [1.29, 1.82) is 0 Å². The number of nitro groups is 1. The molecule has 0 aliphatic carbocycles. The SMILES string of the molecule is CCN(c1ccc(C(N)=NO)cc1[N+](=O)[O-])C(C)COC. The smallest absolute Gasteiger partial charge is 0.293 e. The van der Waals surface area contributed by atoms with Crippen LogP contribution in [-0.4, -0.2) is 42.3 Å². The van der Waals surface area contributed by atoms with E-state index in [4.69, 9.17) is 15.7 Å². The molecular weight excluding hydrogens is 276 g/mol. The maximum Gasteiger partial charge on any atom is 0.293 e. The number of nitrogens with two attached hydrogens (primary N) is 1. The summed E-state index contributed by atoms with van der Waals surface area (Å²) in [5.74, 6) is -0.169. The largest absolute Gasteiger partial charge is 0.409 e. The third-order valence-electron chi connectivity index (χ3n) is 3.17. The highest BCUT2D eigenvalue weighted by Gasteiger charge is 2.23. The van der Waals surface area contributed by atoms with Gasteiger partial charge in [-0.25, -0.2) is 0 Å². The lowest BCUT2D eigenvalue weighted by atomic mass is 10.1. The van der Waals surface area contributed by atoms with Crippen molar-refractivity contribution < 1.29 is 14.9 Å². The number of anilines is 1. The molecule has 1 rings (SSSR count). The molecule has 3 N–H and O–H groups in total. The van der Waals surface area contributed by atoms with Crippen LogP contribution in [-0.2, 0) is 4.74 Å². The predicted octanol–water partition coefficient (Wildman–Crippen LogP) is 1.55. The number of rotatable bonds is 7. The Morgan fingerprint density at radius 3 is 2.76 bits per heavy atom. The van der Waals surface area contributed by atoms with Gasteiger partial charge in [-0.15, -0.1) is 0 Å². The van der Waals surface area contributed by atoms with Gasteiger partial charge in [-0.1, -0.05) is 5.16 Å². The highest BCUT2D eigenvalue weighted by molar-refractivity contribution is 5.98. The van der Waals surface area contributed by atoms with Crippen LogP contribution in [0.5, 0.6) is 0 Å². The average Bonchev–Trinajstić information content (AvgIpc) is 2.47. The first-order valence-corrected chi connectivity index (χ1v) is 6.48. The van der Waals surface area contributed by atoms with Crippen molar-refractivity contribution in [3.8, 4) is 0 Å². The van der Waals surface area contributed by atoms with Crippen LogP contribution in [0.2, 0.25) is 0 Å². The molecule has 0 fully saturated rings. The third-order valence-corrected chi connectivity index (χ3v) is 3.17. The molecule has 1 aromatic carbocycles. The van der Waals surface area contributed by atoms with Gasteiger partial charge in [-0.2, -0.15) is 0 Å². The molecule has 1 unspecified atom stereocenters. The summed E-state index contributed by atoms with van der Waals surface area (Å²) in [5, 5.41) is 22.8. The number of amidine groups is 1. The summed E-state index contributed by atoms with van der Waals surface area (Å²) in [6.45, 7) is 4.88. The molecule has 0 radical (unpaired) electrons. The predicted molar refractivity (Wildman–Crippen MR) is 80.0 cm³/mol. The van der Waals surface area contributed by atoms with Crippen LogP contribution >= 0.6 is 0 Å². The zero-order valence-electron chi connectivity index (χ0n) is 12.3. The molecule has 8 heteroatoms. The molecule has 0 saturated carbocycles. The summed E-state index contributed by atoms with van der Waals surface area (Å²) >= 11 is 0. The Hall–Kier alpha value is -2.35. The number of oxime groups is 1. The van der Waals surface area contributed by atoms with E-state index in [-0.39, 0.29) is 17.6 Å². The molecule has 0 bridgehead atoms. The van der Waals surface area contributed by atoms with E-state index in [9.17, 15) is 10.1 Å². The summed E-state index contributed by atoms with van der Waals surface area (Å²) in [6.07, 6.45) is 0. The second-order valence-corrected chi connectivity index (χ2v) is 4.54. The number of methoxy groups -OCH3 is 1. The van der Waals surface area contributed by atoms with Gasteiger partial charge in [0.2, 0.25) is 0 Å². The van der Waals surface area contributed by atoms with Crippen molar-refractivity contribution in [3.05, 3.63) is 33.9 Å². The molecule has 0 aliphatic heterocycles. The first-order valence-electron chi connectivity index (χ1n) is 6.48. The summed E-state index contributed by atoms with van der Waals surface area (Å²) in [4.78, 5) is 12.7. The normalized spacial score (nSPS) is 13.0. The Morgan fingerprint density at radius 2 is 2.29 bits per heavy atom. The summed E-state index contributed by atoms with van der Waals surface area (Å²) in [5.41, 5.74) is 6.15. The van der Waals surface area contributed by atoms with E-state index in [0.29, 0.717) is 24.4 Å². The van der Waals surface area contributed by atoms with Gasteiger partial charge in [0.1, 0.15) is 5.69 Å². The number of hydrogen-bond donors (Lipinski definition) is 2. The van der Waals surface area contributed by atoms with Crippen LogP contribution in [0.4, 0.5) is 11.4 Å². The Labute approximate surface area is 122 Å². The van der Waals surface area contributed by atoms with E-state index in [1.807, 2.05) is 18.7 Å². The zero-order chi connectivity index (χ0) is 16.0. The van der Waals surface area contributed by atoms with Crippen molar-refractivity contribution in [2.45, 2.75) is 19.9 Å². The Balaban J connectivity index is 3.31. The van der Waals surface area contributed by atoms with E-state index in [0.717, 1.165) is 0 Å². The van der Waals surface area contributed by atoms with Gasteiger partial charge in [0, 0.05) is 31.3 Å². The Bertz CT molecular complexity index is 533. The zero-order valence-corrected chi connectivity index (χ0v) is 12.3. The number of hydrogen-bond acceptors (Lipinski definition) is 6. The van der Waals surface area contributed by atoms with E-state index in [2.05, 4.69) is 5.16 Å². The number of nitro benzene ring substituents is 1. The molecule has 0 aliphatic rings. The molecule has 0 saturated heterocycles. The lowest BCUT2D eigenvalue weighted by molar-refractivity contribution is -0.384. The van der Waals surface area contributed by atoms with Gasteiger partial charge in [-0.05, 0) is 26.0 Å². The van der Waals surface area contributed by atoms with Crippen molar-refractivity contribution in [2.75, 3.05) is 25.2 Å². The summed E-state index contributed by atoms with van der Waals surface area (Å²) in [7, 11) is 1.58. The molecule has 1 atom stereocenters. The summed E-state index contributed by atoms with van der Waals surface area (Å²) < 4.78 is 5.10. The molecule has 116 valence electrons. The quantitative estimate of drug-likeness (QED) is 0.259. The van der Waals surface area contributed by atoms with Crippen molar-refractivity contribution in [2.24, 2.45) is 10.9 Å². The van der Waals surface area contributed by atoms with E-state index in [1.165, 1.54) is 6.07 Å².